The highest BCUT2D eigenvalue weighted by Gasteiger charge is 2.20. The smallest absolute Gasteiger partial charge is 0.233 e. The normalized spacial score (nSPS) is 13.3. The minimum Gasteiger partial charge on any atom is -0.349 e. The number of benzene rings is 1. The molecular weight excluding hydrogens is 383 g/mol. The van der Waals surface area contributed by atoms with E-state index in [1.165, 1.54) is 28.8 Å². The molecule has 1 amide bonds. The number of halogens is 1. The zero-order valence-electron chi connectivity index (χ0n) is 15.3. The standard InChI is InChI=1S/C19H21FN4OS2/c1-12(14-6-8-15(20)9-7-14)21-18(25)13(2)27-19-23-22-17(24(19)3)11-16-5-4-10-26-16/h4-10,12-13H,11H2,1-3H3,(H,21,25)/t12-,13-/m0/s1. The van der Waals surface area contributed by atoms with Crippen molar-refractivity contribution in [2.75, 3.05) is 0 Å². The summed E-state index contributed by atoms with van der Waals surface area (Å²) in [5.41, 5.74) is 0.860. The van der Waals surface area contributed by atoms with Gasteiger partial charge in [0, 0.05) is 18.3 Å². The molecule has 0 aliphatic carbocycles. The second-order valence-corrected chi connectivity index (χ2v) is 8.60. The summed E-state index contributed by atoms with van der Waals surface area (Å²) in [7, 11) is 1.91. The van der Waals surface area contributed by atoms with Crippen molar-refractivity contribution < 1.29 is 9.18 Å². The molecule has 2 heterocycles. The number of thioether (sulfide) groups is 1. The number of amides is 1. The average Bonchev–Trinajstić information content (AvgIpc) is 3.27. The van der Waals surface area contributed by atoms with Gasteiger partial charge in [-0.3, -0.25) is 4.79 Å². The van der Waals surface area contributed by atoms with Crippen LogP contribution in [0.2, 0.25) is 0 Å². The topological polar surface area (TPSA) is 59.8 Å². The van der Waals surface area contributed by atoms with Crippen LogP contribution in [-0.2, 0) is 18.3 Å². The van der Waals surface area contributed by atoms with Crippen molar-refractivity contribution in [3.63, 3.8) is 0 Å². The Morgan fingerprint density at radius 3 is 2.67 bits per heavy atom. The van der Waals surface area contributed by atoms with E-state index >= 15 is 0 Å². The first-order valence-electron chi connectivity index (χ1n) is 8.57. The van der Waals surface area contributed by atoms with Gasteiger partial charge in [-0.05, 0) is 43.0 Å². The molecule has 0 spiro atoms. The largest absolute Gasteiger partial charge is 0.349 e. The molecule has 1 N–H and O–H groups in total. The molecule has 2 atom stereocenters. The summed E-state index contributed by atoms with van der Waals surface area (Å²) in [6.45, 7) is 3.72. The van der Waals surface area contributed by atoms with Crippen LogP contribution in [0.15, 0.2) is 46.9 Å². The van der Waals surface area contributed by atoms with Gasteiger partial charge in [0.25, 0.3) is 0 Å². The second kappa shape index (κ2) is 8.67. The molecular formula is C19H21FN4OS2. The highest BCUT2D eigenvalue weighted by molar-refractivity contribution is 8.00. The number of aromatic nitrogens is 3. The fourth-order valence-corrected chi connectivity index (χ4v) is 4.09. The van der Waals surface area contributed by atoms with Gasteiger partial charge < -0.3 is 9.88 Å². The number of carbonyl (C=O) groups excluding carboxylic acids is 1. The quantitative estimate of drug-likeness (QED) is 0.606. The maximum Gasteiger partial charge on any atom is 0.233 e. The lowest BCUT2D eigenvalue weighted by molar-refractivity contribution is -0.120. The van der Waals surface area contributed by atoms with Crippen molar-refractivity contribution in [2.45, 2.75) is 36.7 Å². The number of rotatable bonds is 7. The van der Waals surface area contributed by atoms with Crippen molar-refractivity contribution in [3.8, 4) is 0 Å². The Morgan fingerprint density at radius 2 is 2.00 bits per heavy atom. The van der Waals surface area contributed by atoms with Crippen LogP contribution in [0.25, 0.3) is 0 Å². The molecule has 0 bridgehead atoms. The number of nitrogens with zero attached hydrogens (tertiary/aromatic N) is 3. The number of thiophene rings is 1. The fraction of sp³-hybridized carbons (Fsp3) is 0.316. The molecule has 0 radical (unpaired) electrons. The van der Waals surface area contributed by atoms with E-state index in [0.29, 0.717) is 5.16 Å². The zero-order chi connectivity index (χ0) is 19.4. The van der Waals surface area contributed by atoms with Crippen LogP contribution in [0.4, 0.5) is 4.39 Å². The van der Waals surface area contributed by atoms with Gasteiger partial charge in [0.1, 0.15) is 11.6 Å². The molecule has 0 saturated carbocycles. The van der Waals surface area contributed by atoms with E-state index in [2.05, 4.69) is 21.6 Å². The molecule has 0 aliphatic rings. The molecule has 27 heavy (non-hydrogen) atoms. The maximum atomic E-state index is 13.0. The van der Waals surface area contributed by atoms with E-state index in [4.69, 9.17) is 0 Å². The Bertz CT molecular complexity index is 893. The van der Waals surface area contributed by atoms with E-state index in [0.717, 1.165) is 17.8 Å². The molecule has 1 aromatic carbocycles. The molecule has 8 heteroatoms. The molecule has 0 fully saturated rings. The molecule has 0 unspecified atom stereocenters. The Balaban J connectivity index is 1.59. The summed E-state index contributed by atoms with van der Waals surface area (Å²) in [5, 5.41) is 13.9. The predicted octanol–water partition coefficient (Wildman–Crippen LogP) is 3.96. The van der Waals surface area contributed by atoms with Gasteiger partial charge in [0.2, 0.25) is 5.91 Å². The average molecular weight is 405 g/mol. The van der Waals surface area contributed by atoms with E-state index < -0.39 is 0 Å². The van der Waals surface area contributed by atoms with Crippen molar-refractivity contribution in [1.29, 1.82) is 0 Å². The van der Waals surface area contributed by atoms with Crippen molar-refractivity contribution >= 4 is 29.0 Å². The van der Waals surface area contributed by atoms with Crippen molar-refractivity contribution in [1.82, 2.24) is 20.1 Å². The van der Waals surface area contributed by atoms with Crippen LogP contribution >= 0.6 is 23.1 Å². The lowest BCUT2D eigenvalue weighted by Crippen LogP contribution is -2.33. The SMILES string of the molecule is C[C@H](Sc1nnc(Cc2cccs2)n1C)C(=O)N[C@@H](C)c1ccc(F)cc1. The van der Waals surface area contributed by atoms with Gasteiger partial charge in [-0.1, -0.05) is 30.0 Å². The monoisotopic (exact) mass is 404 g/mol. The Kier molecular flexibility index (Phi) is 6.28. The number of hydrogen-bond donors (Lipinski definition) is 1. The van der Waals surface area contributed by atoms with Crippen LogP contribution in [0.1, 0.15) is 36.2 Å². The summed E-state index contributed by atoms with van der Waals surface area (Å²) in [6.07, 6.45) is 0.726. The molecule has 3 rings (SSSR count). The van der Waals surface area contributed by atoms with Gasteiger partial charge in [0.05, 0.1) is 11.3 Å². The summed E-state index contributed by atoms with van der Waals surface area (Å²) in [5.74, 6) is 0.480. The van der Waals surface area contributed by atoms with Crippen molar-refractivity contribution in [2.24, 2.45) is 7.05 Å². The Hall–Kier alpha value is -2.19. The van der Waals surface area contributed by atoms with Gasteiger partial charge in [-0.25, -0.2) is 4.39 Å². The first-order chi connectivity index (χ1) is 12.9. The van der Waals surface area contributed by atoms with Crippen LogP contribution in [0, 0.1) is 5.82 Å². The van der Waals surface area contributed by atoms with Gasteiger partial charge in [0.15, 0.2) is 5.16 Å². The van der Waals surface area contributed by atoms with E-state index in [1.807, 2.05) is 36.9 Å². The van der Waals surface area contributed by atoms with Crippen molar-refractivity contribution in [3.05, 3.63) is 63.9 Å². The molecule has 3 aromatic rings. The molecule has 0 aliphatic heterocycles. The van der Waals surface area contributed by atoms with Gasteiger partial charge >= 0.3 is 0 Å². The minimum absolute atomic E-state index is 0.0976. The van der Waals surface area contributed by atoms with Crippen LogP contribution < -0.4 is 5.32 Å². The molecule has 5 nitrogen and oxygen atoms in total. The molecule has 0 saturated heterocycles. The predicted molar refractivity (Wildman–Crippen MR) is 106 cm³/mol. The van der Waals surface area contributed by atoms with E-state index in [9.17, 15) is 9.18 Å². The number of hydrogen-bond acceptors (Lipinski definition) is 5. The van der Waals surface area contributed by atoms with Crippen LogP contribution in [0.3, 0.4) is 0 Å². The highest BCUT2D eigenvalue weighted by Crippen LogP contribution is 2.24. The number of nitrogens with one attached hydrogen (secondary N) is 1. The van der Waals surface area contributed by atoms with Gasteiger partial charge in [-0.15, -0.1) is 21.5 Å². The summed E-state index contributed by atoms with van der Waals surface area (Å²) >= 11 is 3.06. The number of carbonyl (C=O) groups is 1. The van der Waals surface area contributed by atoms with Gasteiger partial charge in [-0.2, -0.15) is 0 Å². The highest BCUT2D eigenvalue weighted by atomic mass is 32.2. The lowest BCUT2D eigenvalue weighted by atomic mass is 10.1. The summed E-state index contributed by atoms with van der Waals surface area (Å²) < 4.78 is 15.0. The van der Waals surface area contributed by atoms with Crippen LogP contribution in [0.5, 0.6) is 0 Å². The van der Waals surface area contributed by atoms with Crippen LogP contribution in [-0.4, -0.2) is 25.9 Å². The third-order valence-electron chi connectivity index (χ3n) is 4.22. The summed E-state index contributed by atoms with van der Waals surface area (Å²) in [4.78, 5) is 13.7. The van der Waals surface area contributed by atoms with E-state index in [1.54, 1.807) is 23.5 Å². The molecule has 142 valence electrons. The first-order valence-corrected chi connectivity index (χ1v) is 10.3. The second-order valence-electron chi connectivity index (χ2n) is 6.26. The maximum absolute atomic E-state index is 13.0. The first kappa shape index (κ1) is 19.6. The third-order valence-corrected chi connectivity index (χ3v) is 6.23. The minimum atomic E-state index is -0.328. The Morgan fingerprint density at radius 1 is 1.26 bits per heavy atom. The zero-order valence-corrected chi connectivity index (χ0v) is 17.0. The lowest BCUT2D eigenvalue weighted by Gasteiger charge is -2.17. The fourth-order valence-electron chi connectivity index (χ4n) is 2.55. The Labute approximate surface area is 166 Å². The van der Waals surface area contributed by atoms with E-state index in [-0.39, 0.29) is 23.0 Å². The summed E-state index contributed by atoms with van der Waals surface area (Å²) in [6, 6.07) is 10.0. The third kappa shape index (κ3) is 4.95. The molecule has 2 aromatic heterocycles.